The van der Waals surface area contributed by atoms with Crippen LogP contribution in [0.4, 0.5) is 11.4 Å². The van der Waals surface area contributed by atoms with Gasteiger partial charge in [-0.2, -0.15) is 5.10 Å². The summed E-state index contributed by atoms with van der Waals surface area (Å²) in [6.45, 7) is -5.01. The number of pyridine rings is 1. The van der Waals surface area contributed by atoms with E-state index in [1.165, 1.54) is 19.4 Å². The number of rotatable bonds is 10. The van der Waals surface area contributed by atoms with Gasteiger partial charge in [0, 0.05) is 40.0 Å². The van der Waals surface area contributed by atoms with Crippen molar-refractivity contribution in [3.05, 3.63) is 60.2 Å². The van der Waals surface area contributed by atoms with Crippen molar-refractivity contribution < 1.29 is 42.4 Å². The summed E-state index contributed by atoms with van der Waals surface area (Å²) in [6.07, 6.45) is 3.75. The highest BCUT2D eigenvalue weighted by Crippen LogP contribution is 2.48. The number of benzene rings is 1. The minimum Gasteiger partial charge on any atom is -0.494 e. The van der Waals surface area contributed by atoms with Gasteiger partial charge in [0.2, 0.25) is 5.91 Å². The molecule has 1 aliphatic rings. The molecule has 0 atom stereocenters. The summed E-state index contributed by atoms with van der Waals surface area (Å²) in [5, 5.41) is 22.7. The average molecular weight is 543 g/mol. The Morgan fingerprint density at radius 2 is 1.90 bits per heavy atom. The van der Waals surface area contributed by atoms with Gasteiger partial charge in [-0.25, -0.2) is 14.6 Å². The molecule has 1 amide bonds. The monoisotopic (exact) mass is 542 g/mol. The molecule has 0 bridgehead atoms. The van der Waals surface area contributed by atoms with Gasteiger partial charge in [-0.3, -0.25) is 19.3 Å². The van der Waals surface area contributed by atoms with E-state index in [2.05, 4.69) is 20.4 Å². The number of aromatic nitrogens is 4. The number of nitrogens with zero attached hydrogens (tertiary/aromatic N) is 4. The van der Waals surface area contributed by atoms with Crippen molar-refractivity contribution in [1.82, 2.24) is 19.7 Å². The predicted molar refractivity (Wildman–Crippen MR) is 140 cm³/mol. The van der Waals surface area contributed by atoms with Gasteiger partial charge in [0.25, 0.3) is 0 Å². The Morgan fingerprint density at radius 1 is 1.18 bits per heavy atom. The topological polar surface area (TPSA) is 200 Å². The van der Waals surface area contributed by atoms with E-state index in [1.54, 1.807) is 18.2 Å². The molecule has 1 fully saturated rings. The molecule has 1 aromatic carbocycles. The highest BCUT2D eigenvalue weighted by molar-refractivity contribution is 6.02. The lowest BCUT2D eigenvalue weighted by Crippen LogP contribution is -2.29. The fraction of sp³-hybridized carbons (Fsp3) is 0.269. The maximum atomic E-state index is 12.9. The maximum Gasteiger partial charge on any atom is 0.328 e. The first-order chi connectivity index (χ1) is 20.9. The summed E-state index contributed by atoms with van der Waals surface area (Å²) in [5.74, 6) is -3.38. The third-order valence-corrected chi connectivity index (χ3v) is 5.67. The lowest BCUT2D eigenvalue weighted by atomic mass is 9.98. The lowest BCUT2D eigenvalue weighted by Gasteiger charge is -2.18. The van der Waals surface area contributed by atoms with Crippen LogP contribution in [0.3, 0.4) is 0 Å². The van der Waals surface area contributed by atoms with Crippen LogP contribution in [0, 0.1) is 0 Å². The Labute approximate surface area is 231 Å². The molecule has 5 N–H and O–H groups in total. The second-order valence-electron chi connectivity index (χ2n) is 8.20. The van der Waals surface area contributed by atoms with Gasteiger partial charge in [0.15, 0.2) is 17.4 Å². The Balaban J connectivity index is 0.000000610. The molecule has 3 aromatic rings. The van der Waals surface area contributed by atoms with E-state index in [0.29, 0.717) is 41.9 Å². The van der Waals surface area contributed by atoms with E-state index >= 15 is 0 Å². The molecule has 1 aliphatic carbocycles. The summed E-state index contributed by atoms with van der Waals surface area (Å²) in [7, 11) is 1.40. The number of ether oxygens (including phenoxy) is 1. The number of aryl methyl sites for hydroxylation is 1. The third-order valence-electron chi connectivity index (χ3n) is 5.67. The third kappa shape index (κ3) is 6.63. The van der Waals surface area contributed by atoms with Crippen molar-refractivity contribution in [2.45, 2.75) is 31.5 Å². The SMILES string of the molecule is O=C(O)/C=C/C(=O)O.[2H]C([2H])([2H])CC(=O)c1cnc(C2(C(N)=O)CC2)cc1Nc1cccc(-c2ncn(C([2H])([2H])[2H])n2)c1OC. The number of nitrogens with two attached hydrogens (primary N) is 1. The van der Waals surface area contributed by atoms with Gasteiger partial charge in [0.1, 0.15) is 6.33 Å². The molecule has 0 aliphatic heterocycles. The van der Waals surface area contributed by atoms with Crippen molar-refractivity contribution in [1.29, 1.82) is 0 Å². The molecule has 13 nitrogen and oxygen atoms in total. The number of primary amides is 1. The number of para-hydroxylation sites is 1. The van der Waals surface area contributed by atoms with Crippen LogP contribution >= 0.6 is 0 Å². The van der Waals surface area contributed by atoms with Crippen LogP contribution in [0.25, 0.3) is 11.4 Å². The van der Waals surface area contributed by atoms with Crippen LogP contribution in [0.5, 0.6) is 5.75 Å². The molecule has 2 heterocycles. The molecule has 2 aromatic heterocycles. The summed E-state index contributed by atoms with van der Waals surface area (Å²) in [5.41, 5.74) is 5.96. The van der Waals surface area contributed by atoms with Crippen LogP contribution < -0.4 is 15.8 Å². The smallest absolute Gasteiger partial charge is 0.328 e. The van der Waals surface area contributed by atoms with Crippen molar-refractivity contribution in [3.8, 4) is 17.1 Å². The Hall–Kier alpha value is -5.07. The van der Waals surface area contributed by atoms with Gasteiger partial charge >= 0.3 is 11.9 Å². The first-order valence-corrected chi connectivity index (χ1v) is 11.2. The van der Waals surface area contributed by atoms with Gasteiger partial charge in [-0.15, -0.1) is 0 Å². The number of anilines is 2. The van der Waals surface area contributed by atoms with Crippen LogP contribution in [-0.4, -0.2) is 60.7 Å². The predicted octanol–water partition coefficient (Wildman–Crippen LogP) is 2.45. The molecule has 0 saturated heterocycles. The molecular formula is C26H28N6O7. The number of Topliss-reactive ketones (excluding diaryl/α,β-unsaturated/α-hetero) is 1. The van der Waals surface area contributed by atoms with Crippen LogP contribution in [0.2, 0.25) is 0 Å². The first kappa shape index (κ1) is 20.9. The first-order valence-electron chi connectivity index (χ1n) is 14.2. The van der Waals surface area contributed by atoms with Gasteiger partial charge in [0.05, 0.1) is 40.7 Å². The van der Waals surface area contributed by atoms with E-state index in [1.807, 2.05) is 0 Å². The molecule has 4 rings (SSSR count). The van der Waals surface area contributed by atoms with E-state index in [-0.39, 0.29) is 22.8 Å². The minimum atomic E-state index is -2.51. The maximum absolute atomic E-state index is 12.9. The van der Waals surface area contributed by atoms with Crippen molar-refractivity contribution in [2.24, 2.45) is 12.7 Å². The highest BCUT2D eigenvalue weighted by atomic mass is 16.5. The highest BCUT2D eigenvalue weighted by Gasteiger charge is 2.51. The Kier molecular flexibility index (Phi) is 6.43. The number of carboxylic acid groups (broad SMARTS) is 2. The summed E-state index contributed by atoms with van der Waals surface area (Å²) >= 11 is 0. The number of nitrogens with one attached hydrogen (secondary N) is 1. The summed E-state index contributed by atoms with van der Waals surface area (Å²) in [4.78, 5) is 52.4. The van der Waals surface area contributed by atoms with Gasteiger partial charge < -0.3 is 26.0 Å². The number of aliphatic carboxylic acids is 2. The molecule has 0 unspecified atom stereocenters. The zero-order valence-corrected chi connectivity index (χ0v) is 20.5. The number of ketones is 1. The quantitative estimate of drug-likeness (QED) is 0.217. The van der Waals surface area contributed by atoms with E-state index in [0.717, 1.165) is 11.0 Å². The second kappa shape index (κ2) is 12.0. The van der Waals surface area contributed by atoms with E-state index < -0.39 is 49.3 Å². The number of amides is 1. The van der Waals surface area contributed by atoms with E-state index in [9.17, 15) is 19.2 Å². The Bertz CT molecular complexity index is 1630. The van der Waals surface area contributed by atoms with Gasteiger partial charge in [-0.1, -0.05) is 12.9 Å². The lowest BCUT2D eigenvalue weighted by molar-refractivity contribution is -0.134. The zero-order valence-electron chi connectivity index (χ0n) is 26.5. The number of hydrogen-bond donors (Lipinski definition) is 4. The molecule has 204 valence electrons. The normalized spacial score (nSPS) is 16.1. The zero-order chi connectivity index (χ0) is 33.7. The molecule has 39 heavy (non-hydrogen) atoms. The van der Waals surface area contributed by atoms with Crippen molar-refractivity contribution in [2.75, 3.05) is 12.4 Å². The minimum absolute atomic E-state index is 0.0115. The number of carbonyl (C=O) groups excluding carboxylic acids is 2. The number of carbonyl (C=O) groups is 4. The van der Waals surface area contributed by atoms with Crippen LogP contribution in [0.15, 0.2) is 48.9 Å². The molecule has 0 spiro atoms. The molecule has 13 heteroatoms. The second-order valence-corrected chi connectivity index (χ2v) is 8.20. The number of methoxy groups -OCH3 is 1. The fourth-order valence-electron chi connectivity index (χ4n) is 3.60. The van der Waals surface area contributed by atoms with Gasteiger partial charge in [-0.05, 0) is 31.0 Å². The average Bonchev–Trinajstić information content (AvgIpc) is 3.59. The largest absolute Gasteiger partial charge is 0.494 e. The molecular weight excluding hydrogens is 508 g/mol. The van der Waals surface area contributed by atoms with Crippen LogP contribution in [-0.2, 0) is 26.8 Å². The fourth-order valence-corrected chi connectivity index (χ4v) is 3.60. The number of hydrogen-bond acceptors (Lipinski definition) is 9. The van der Waals surface area contributed by atoms with E-state index in [4.69, 9.17) is 28.9 Å². The summed E-state index contributed by atoms with van der Waals surface area (Å²) in [6, 6.07) is 6.43. The summed E-state index contributed by atoms with van der Waals surface area (Å²) < 4.78 is 51.3. The molecule has 0 radical (unpaired) electrons. The standard InChI is InChI=1S/C22H24N6O3.C4H4O4/c1-4-17(29)14-11-24-18(22(8-9-22)21(23)30)10-16(14)26-15-7-5-6-13(19(15)31-3)20-25-12-28(2)27-20;5-3(6)1-2-4(7)8/h5-7,10-12H,4,8-9H2,1-3H3,(H2,23,30)(H,24,26);1-2H,(H,5,6)(H,7,8)/b;2-1+/i1D3,2D3;. The van der Waals surface area contributed by atoms with Crippen LogP contribution in [0.1, 0.15) is 50.4 Å². The van der Waals surface area contributed by atoms with Crippen molar-refractivity contribution >= 4 is 35.0 Å². The molecule has 1 saturated carbocycles. The number of carboxylic acids is 2. The van der Waals surface area contributed by atoms with Crippen molar-refractivity contribution in [3.63, 3.8) is 0 Å². The Morgan fingerprint density at radius 3 is 2.44 bits per heavy atom.